The minimum absolute atomic E-state index is 0.185. The molecule has 0 aliphatic carbocycles. The number of rotatable bonds is 6. The molecule has 35 heavy (non-hydrogen) atoms. The summed E-state index contributed by atoms with van der Waals surface area (Å²) < 4.78 is 5.47. The molecule has 13 heteroatoms. The first-order valence-corrected chi connectivity index (χ1v) is 11.6. The molecule has 0 unspecified atom stereocenters. The number of hydrogen-bond donors (Lipinski definition) is 3. The van der Waals surface area contributed by atoms with Crippen molar-refractivity contribution in [2.75, 3.05) is 5.32 Å². The maximum Gasteiger partial charge on any atom is 0.270 e. The van der Waals surface area contributed by atoms with Crippen molar-refractivity contribution in [1.82, 2.24) is 45.4 Å². The third-order valence-electron chi connectivity index (χ3n) is 5.02. The number of hydrogen-bond acceptors (Lipinski definition) is 11. The van der Waals surface area contributed by atoms with Gasteiger partial charge in [-0.05, 0) is 6.92 Å². The summed E-state index contributed by atoms with van der Waals surface area (Å²) in [4.78, 5) is 41.7. The minimum atomic E-state index is -0.467. The molecule has 5 aromatic heterocycles. The normalized spacial score (nSPS) is 12.6. The van der Waals surface area contributed by atoms with E-state index >= 15 is 0 Å². The zero-order valence-electron chi connectivity index (χ0n) is 19.4. The number of H-pyrrole nitrogens is 1. The summed E-state index contributed by atoms with van der Waals surface area (Å²) in [5, 5.41) is 12.5. The van der Waals surface area contributed by atoms with Crippen LogP contribution in [0.15, 0.2) is 40.8 Å². The van der Waals surface area contributed by atoms with Gasteiger partial charge in [0.1, 0.15) is 34.9 Å². The second kappa shape index (κ2) is 8.83. The first-order chi connectivity index (χ1) is 16.8. The van der Waals surface area contributed by atoms with Gasteiger partial charge in [-0.1, -0.05) is 25.9 Å². The van der Waals surface area contributed by atoms with E-state index in [0.29, 0.717) is 45.2 Å². The average Bonchev–Trinajstić information content (AvgIpc) is 3.58. The minimum Gasteiger partial charge on any atom is -0.358 e. The van der Waals surface area contributed by atoms with Crippen LogP contribution in [-0.2, 0) is 5.41 Å². The van der Waals surface area contributed by atoms with Crippen molar-refractivity contribution in [3.8, 4) is 11.5 Å². The topological polar surface area (TPSA) is 160 Å². The Hall–Kier alpha value is -4.26. The molecule has 12 nitrogen and oxygen atoms in total. The van der Waals surface area contributed by atoms with E-state index in [-0.39, 0.29) is 17.0 Å². The predicted octanol–water partition coefficient (Wildman–Crippen LogP) is 3.79. The van der Waals surface area contributed by atoms with E-state index in [2.05, 4.69) is 50.7 Å². The van der Waals surface area contributed by atoms with E-state index in [1.165, 1.54) is 17.7 Å². The van der Waals surface area contributed by atoms with Gasteiger partial charge >= 0.3 is 0 Å². The van der Waals surface area contributed by atoms with Crippen LogP contribution < -0.4 is 10.6 Å². The molecule has 0 saturated heterocycles. The highest BCUT2D eigenvalue weighted by molar-refractivity contribution is 7.13. The van der Waals surface area contributed by atoms with Gasteiger partial charge in [0.15, 0.2) is 22.4 Å². The van der Waals surface area contributed by atoms with Crippen molar-refractivity contribution in [2.45, 2.75) is 39.2 Å². The van der Waals surface area contributed by atoms with Gasteiger partial charge in [-0.2, -0.15) is 0 Å². The van der Waals surface area contributed by atoms with E-state index in [4.69, 9.17) is 4.52 Å². The first kappa shape index (κ1) is 22.5. The third kappa shape index (κ3) is 4.84. The Morgan fingerprint density at radius 2 is 2.00 bits per heavy atom. The van der Waals surface area contributed by atoms with Crippen LogP contribution in [0.4, 0.5) is 10.9 Å². The summed E-state index contributed by atoms with van der Waals surface area (Å²) in [6.07, 6.45) is 4.68. The number of carbonyl (C=O) groups excluding carboxylic acids is 1. The van der Waals surface area contributed by atoms with Crippen molar-refractivity contribution < 1.29 is 9.32 Å². The lowest BCUT2D eigenvalue weighted by Gasteiger charge is -2.15. The predicted molar refractivity (Wildman–Crippen MR) is 129 cm³/mol. The zero-order valence-corrected chi connectivity index (χ0v) is 20.2. The number of nitrogens with zero attached hydrogens (tertiary/aromatic N) is 7. The lowest BCUT2D eigenvalue weighted by Crippen LogP contribution is -2.27. The first-order valence-electron chi connectivity index (χ1n) is 10.8. The summed E-state index contributed by atoms with van der Waals surface area (Å²) in [5.41, 5.74) is 1.77. The van der Waals surface area contributed by atoms with E-state index in [1.807, 2.05) is 26.2 Å². The zero-order chi connectivity index (χ0) is 24.6. The van der Waals surface area contributed by atoms with Crippen LogP contribution in [0.3, 0.4) is 0 Å². The van der Waals surface area contributed by atoms with Crippen molar-refractivity contribution >= 4 is 39.4 Å². The molecule has 1 amide bonds. The maximum absolute atomic E-state index is 12.8. The molecule has 178 valence electrons. The third-order valence-corrected chi connectivity index (χ3v) is 5.71. The molecule has 0 aromatic carbocycles. The van der Waals surface area contributed by atoms with E-state index in [1.54, 1.807) is 31.5 Å². The Morgan fingerprint density at radius 3 is 2.77 bits per heavy atom. The van der Waals surface area contributed by atoms with Crippen LogP contribution in [0.1, 0.15) is 55.8 Å². The van der Waals surface area contributed by atoms with Gasteiger partial charge in [0, 0.05) is 29.1 Å². The standard InChI is InChI=1S/C22H22N10O2S/c1-11(27-19(33)13-8-16(26-10-25-13)29-21-23-5-6-35-21)15-7-12(32-34-15)17-28-14-9-24-20(22(2,3)4)31-18(14)30-17/h5-11H,1-4H3,(H,27,33)(H,23,25,26,29)(H,24,28,30,31)/t11-/m1/s1. The summed E-state index contributed by atoms with van der Waals surface area (Å²) in [5.74, 6) is 1.77. The Kier molecular flexibility index (Phi) is 5.68. The van der Waals surface area contributed by atoms with Crippen molar-refractivity contribution in [2.24, 2.45) is 0 Å². The lowest BCUT2D eigenvalue weighted by molar-refractivity contribution is 0.0928. The number of aromatic nitrogens is 8. The highest BCUT2D eigenvalue weighted by Crippen LogP contribution is 2.24. The number of thiazole rings is 1. The molecular formula is C22H22N10O2S. The molecule has 5 heterocycles. The average molecular weight is 491 g/mol. The largest absolute Gasteiger partial charge is 0.358 e. The van der Waals surface area contributed by atoms with Crippen LogP contribution in [0, 0.1) is 0 Å². The Morgan fingerprint density at radius 1 is 1.14 bits per heavy atom. The molecule has 3 N–H and O–H groups in total. The van der Waals surface area contributed by atoms with Crippen LogP contribution in [0.2, 0.25) is 0 Å². The maximum atomic E-state index is 12.8. The number of anilines is 2. The Balaban J connectivity index is 1.29. The van der Waals surface area contributed by atoms with Crippen LogP contribution in [-0.4, -0.2) is 46.0 Å². The second-order valence-corrected chi connectivity index (χ2v) is 9.72. The Bertz CT molecular complexity index is 1490. The number of carbonyl (C=O) groups is 1. The van der Waals surface area contributed by atoms with Crippen molar-refractivity contribution in [1.29, 1.82) is 0 Å². The highest BCUT2D eigenvalue weighted by Gasteiger charge is 2.21. The monoisotopic (exact) mass is 490 g/mol. The molecule has 0 bridgehead atoms. The molecule has 0 aliphatic heterocycles. The number of fused-ring (bicyclic) bond motifs is 1. The quantitative estimate of drug-likeness (QED) is 0.319. The van der Waals surface area contributed by atoms with Gasteiger partial charge in [0.05, 0.1) is 12.2 Å². The fourth-order valence-electron chi connectivity index (χ4n) is 3.18. The molecule has 0 saturated carbocycles. The van der Waals surface area contributed by atoms with E-state index < -0.39 is 6.04 Å². The molecule has 0 radical (unpaired) electrons. The van der Waals surface area contributed by atoms with Crippen LogP contribution >= 0.6 is 11.3 Å². The summed E-state index contributed by atoms with van der Waals surface area (Å²) in [7, 11) is 0. The van der Waals surface area contributed by atoms with Crippen molar-refractivity contribution in [3.05, 3.63) is 53.5 Å². The summed E-state index contributed by atoms with van der Waals surface area (Å²) >= 11 is 1.43. The molecule has 0 fully saturated rings. The van der Waals surface area contributed by atoms with Gasteiger partial charge in [0.25, 0.3) is 5.91 Å². The number of nitrogens with one attached hydrogen (secondary N) is 3. The van der Waals surface area contributed by atoms with Crippen LogP contribution in [0.25, 0.3) is 22.7 Å². The Labute approximate surface area is 203 Å². The number of aromatic amines is 1. The van der Waals surface area contributed by atoms with E-state index in [9.17, 15) is 4.79 Å². The van der Waals surface area contributed by atoms with Gasteiger partial charge in [-0.25, -0.2) is 29.9 Å². The highest BCUT2D eigenvalue weighted by atomic mass is 32.1. The van der Waals surface area contributed by atoms with Gasteiger partial charge in [0.2, 0.25) is 0 Å². The lowest BCUT2D eigenvalue weighted by atomic mass is 9.96. The second-order valence-electron chi connectivity index (χ2n) is 8.82. The SMILES string of the molecule is C[C@@H](NC(=O)c1cc(Nc2nccs2)ncn1)c1cc(-c2nc3cnc(C(C)(C)C)nc3[nH]2)no1. The van der Waals surface area contributed by atoms with Gasteiger partial charge in [-0.15, -0.1) is 11.3 Å². The molecular weight excluding hydrogens is 468 g/mol. The molecule has 5 aromatic rings. The molecule has 0 spiro atoms. The van der Waals surface area contributed by atoms with E-state index in [0.717, 1.165) is 0 Å². The molecule has 1 atom stereocenters. The van der Waals surface area contributed by atoms with Gasteiger partial charge in [-0.3, -0.25) is 4.79 Å². The summed E-state index contributed by atoms with van der Waals surface area (Å²) in [6.45, 7) is 7.93. The molecule has 0 aliphatic rings. The molecule has 5 rings (SSSR count). The van der Waals surface area contributed by atoms with Gasteiger partial charge < -0.3 is 20.1 Å². The fraction of sp³-hybridized carbons (Fsp3) is 0.273. The number of amides is 1. The van der Waals surface area contributed by atoms with Crippen LogP contribution in [0.5, 0.6) is 0 Å². The number of imidazole rings is 1. The smallest absolute Gasteiger partial charge is 0.270 e. The summed E-state index contributed by atoms with van der Waals surface area (Å²) in [6, 6.07) is 2.80. The fourth-order valence-corrected chi connectivity index (χ4v) is 3.72. The van der Waals surface area contributed by atoms with Crippen molar-refractivity contribution in [3.63, 3.8) is 0 Å².